The Morgan fingerprint density at radius 2 is 2.21 bits per heavy atom. The highest BCUT2D eigenvalue weighted by atomic mass is 32.2. The highest BCUT2D eigenvalue weighted by Gasteiger charge is 2.19. The minimum atomic E-state index is -0.403. The molecule has 2 N–H and O–H groups in total. The third-order valence-electron chi connectivity index (χ3n) is 3.33. The van der Waals surface area contributed by atoms with Crippen LogP contribution in [0.25, 0.3) is 0 Å². The van der Waals surface area contributed by atoms with E-state index in [2.05, 4.69) is 15.3 Å². The van der Waals surface area contributed by atoms with Crippen molar-refractivity contribution in [2.75, 3.05) is 12.3 Å². The van der Waals surface area contributed by atoms with Gasteiger partial charge in [-0.15, -0.1) is 0 Å². The van der Waals surface area contributed by atoms with Crippen LogP contribution in [-0.4, -0.2) is 28.2 Å². The van der Waals surface area contributed by atoms with Crippen molar-refractivity contribution in [2.24, 2.45) is 0 Å². The van der Waals surface area contributed by atoms with Crippen LogP contribution in [0.5, 0.6) is 0 Å². The van der Waals surface area contributed by atoms with Crippen LogP contribution in [0.4, 0.5) is 0 Å². The molecule has 0 aromatic carbocycles. The number of hydrogen-bond donors (Lipinski definition) is 2. The lowest BCUT2D eigenvalue weighted by molar-refractivity contribution is 0.0951. The van der Waals surface area contributed by atoms with Crippen LogP contribution in [0.3, 0.4) is 0 Å². The number of hydrogen-bond acceptors (Lipinski definition) is 5. The Hall–Kier alpha value is -2.02. The summed E-state index contributed by atoms with van der Waals surface area (Å²) < 4.78 is 5.25. The van der Waals surface area contributed by atoms with Crippen molar-refractivity contribution < 1.29 is 9.21 Å². The lowest BCUT2D eigenvalue weighted by Gasteiger charge is -2.16. The molecular weight excluding hydrogens is 326 g/mol. The summed E-state index contributed by atoms with van der Waals surface area (Å²) in [4.78, 5) is 30.9. The van der Waals surface area contributed by atoms with Crippen molar-refractivity contribution in [2.45, 2.75) is 38.4 Å². The van der Waals surface area contributed by atoms with Crippen LogP contribution in [0.15, 0.2) is 33.8 Å². The molecule has 7 heteroatoms. The zero-order chi connectivity index (χ0) is 17.6. The lowest BCUT2D eigenvalue weighted by atomic mass is 9.96. The van der Waals surface area contributed by atoms with Crippen molar-refractivity contribution in [3.63, 3.8) is 0 Å². The molecule has 0 aliphatic rings. The van der Waals surface area contributed by atoms with Crippen molar-refractivity contribution in [3.8, 4) is 0 Å². The van der Waals surface area contributed by atoms with E-state index >= 15 is 0 Å². The maximum atomic E-state index is 12.1. The van der Waals surface area contributed by atoms with E-state index in [1.54, 1.807) is 18.0 Å². The first-order chi connectivity index (χ1) is 11.4. The zero-order valence-electron chi connectivity index (χ0n) is 14.2. The highest BCUT2D eigenvalue weighted by Crippen LogP contribution is 2.16. The minimum Gasteiger partial charge on any atom is -0.468 e. The van der Waals surface area contributed by atoms with Crippen LogP contribution in [0.2, 0.25) is 0 Å². The monoisotopic (exact) mass is 349 g/mol. The number of thioether (sulfide) groups is 1. The SMILES string of the molecule is CC(C)(C)c1ncc(C(=O)NCCCSCc2ccco2)c(=O)[nH]1. The summed E-state index contributed by atoms with van der Waals surface area (Å²) in [5.74, 6) is 2.84. The molecule has 0 aliphatic heterocycles. The van der Waals surface area contributed by atoms with E-state index in [-0.39, 0.29) is 16.9 Å². The molecule has 0 unspecified atom stereocenters. The van der Waals surface area contributed by atoms with Gasteiger partial charge in [0, 0.05) is 18.2 Å². The van der Waals surface area contributed by atoms with Gasteiger partial charge in [0.05, 0.1) is 12.0 Å². The van der Waals surface area contributed by atoms with Gasteiger partial charge in [-0.2, -0.15) is 11.8 Å². The number of H-pyrrole nitrogens is 1. The third kappa shape index (κ3) is 5.26. The van der Waals surface area contributed by atoms with Gasteiger partial charge in [-0.25, -0.2) is 4.98 Å². The standard InChI is InChI=1S/C17H23N3O3S/c1-17(2,3)16-19-10-13(15(22)20-16)14(21)18-7-5-9-24-11-12-6-4-8-23-12/h4,6,8,10H,5,7,9,11H2,1-3H3,(H,18,21)(H,19,20,22). The number of amides is 1. The third-order valence-corrected chi connectivity index (χ3v) is 4.40. The molecular formula is C17H23N3O3S. The van der Waals surface area contributed by atoms with E-state index in [4.69, 9.17) is 4.42 Å². The van der Waals surface area contributed by atoms with E-state index < -0.39 is 5.56 Å². The fourth-order valence-corrected chi connectivity index (χ4v) is 2.83. The number of aromatic amines is 1. The first-order valence-electron chi connectivity index (χ1n) is 7.86. The summed E-state index contributed by atoms with van der Waals surface area (Å²) in [6.07, 6.45) is 3.83. The highest BCUT2D eigenvalue weighted by molar-refractivity contribution is 7.98. The molecule has 0 spiro atoms. The molecule has 0 atom stereocenters. The second-order valence-electron chi connectivity index (χ2n) is 6.47. The molecule has 1 amide bonds. The van der Waals surface area contributed by atoms with E-state index in [9.17, 15) is 9.59 Å². The molecule has 2 aromatic rings. The molecule has 0 radical (unpaired) electrons. The van der Waals surface area contributed by atoms with Gasteiger partial charge in [0.1, 0.15) is 17.1 Å². The molecule has 0 aliphatic carbocycles. The molecule has 6 nitrogen and oxygen atoms in total. The van der Waals surface area contributed by atoms with Crippen LogP contribution in [-0.2, 0) is 11.2 Å². The molecule has 130 valence electrons. The molecule has 2 heterocycles. The zero-order valence-corrected chi connectivity index (χ0v) is 15.0. The van der Waals surface area contributed by atoms with Gasteiger partial charge in [-0.05, 0) is 24.3 Å². The van der Waals surface area contributed by atoms with E-state index in [1.807, 2.05) is 32.9 Å². The molecule has 2 aromatic heterocycles. The number of nitrogens with zero attached hydrogens (tertiary/aromatic N) is 1. The average molecular weight is 349 g/mol. The second kappa shape index (κ2) is 8.19. The molecule has 24 heavy (non-hydrogen) atoms. The van der Waals surface area contributed by atoms with E-state index in [0.717, 1.165) is 23.7 Å². The summed E-state index contributed by atoms with van der Waals surface area (Å²) in [6, 6.07) is 3.81. The van der Waals surface area contributed by atoms with Gasteiger partial charge in [0.15, 0.2) is 0 Å². The summed E-state index contributed by atoms with van der Waals surface area (Å²) in [5, 5.41) is 2.76. The summed E-state index contributed by atoms with van der Waals surface area (Å²) in [5.41, 5.74) is -0.620. The maximum Gasteiger partial charge on any atom is 0.263 e. The topological polar surface area (TPSA) is 88.0 Å². The van der Waals surface area contributed by atoms with Crippen molar-refractivity contribution in [3.05, 3.63) is 52.1 Å². The Morgan fingerprint density at radius 1 is 1.42 bits per heavy atom. The number of rotatable bonds is 7. The summed E-state index contributed by atoms with van der Waals surface area (Å²) in [6.45, 7) is 6.37. The first-order valence-corrected chi connectivity index (χ1v) is 9.01. The Labute approximate surface area is 145 Å². The second-order valence-corrected chi connectivity index (χ2v) is 7.57. The van der Waals surface area contributed by atoms with Gasteiger partial charge in [0.2, 0.25) is 0 Å². The smallest absolute Gasteiger partial charge is 0.263 e. The minimum absolute atomic E-state index is 0.0474. The van der Waals surface area contributed by atoms with E-state index in [1.165, 1.54) is 6.20 Å². The number of nitrogens with one attached hydrogen (secondary N) is 2. The number of aromatic nitrogens is 2. The Morgan fingerprint density at radius 3 is 2.83 bits per heavy atom. The predicted octanol–water partition coefficient (Wildman–Crippen LogP) is 2.71. The maximum absolute atomic E-state index is 12.1. The predicted molar refractivity (Wildman–Crippen MR) is 95.4 cm³/mol. The first kappa shape index (κ1) is 18.3. The van der Waals surface area contributed by atoms with Crippen molar-refractivity contribution in [1.29, 1.82) is 0 Å². The average Bonchev–Trinajstić information content (AvgIpc) is 3.02. The Kier molecular flexibility index (Phi) is 6.25. The number of furan rings is 1. The van der Waals surface area contributed by atoms with Gasteiger partial charge in [-0.1, -0.05) is 20.8 Å². The summed E-state index contributed by atoms with van der Waals surface area (Å²) in [7, 11) is 0. The number of carbonyl (C=O) groups is 1. The van der Waals surface area contributed by atoms with Crippen LogP contribution in [0, 0.1) is 0 Å². The number of carbonyl (C=O) groups excluding carboxylic acids is 1. The van der Waals surface area contributed by atoms with Gasteiger partial charge < -0.3 is 14.7 Å². The molecule has 0 bridgehead atoms. The van der Waals surface area contributed by atoms with Crippen molar-refractivity contribution >= 4 is 17.7 Å². The largest absolute Gasteiger partial charge is 0.468 e. The molecule has 0 saturated heterocycles. The van der Waals surface area contributed by atoms with Gasteiger partial charge in [0.25, 0.3) is 11.5 Å². The Bertz CT molecular complexity index is 717. The molecule has 0 fully saturated rings. The van der Waals surface area contributed by atoms with Crippen LogP contribution < -0.4 is 10.9 Å². The van der Waals surface area contributed by atoms with Crippen molar-refractivity contribution in [1.82, 2.24) is 15.3 Å². The van der Waals surface area contributed by atoms with Crippen LogP contribution >= 0.6 is 11.8 Å². The Balaban J connectivity index is 1.75. The van der Waals surface area contributed by atoms with Crippen LogP contribution in [0.1, 0.15) is 49.1 Å². The molecule has 2 rings (SSSR count). The fraction of sp³-hybridized carbons (Fsp3) is 0.471. The van der Waals surface area contributed by atoms with Gasteiger partial charge in [-0.3, -0.25) is 9.59 Å². The quantitative estimate of drug-likeness (QED) is 0.751. The van der Waals surface area contributed by atoms with E-state index in [0.29, 0.717) is 12.4 Å². The lowest BCUT2D eigenvalue weighted by Crippen LogP contribution is -2.32. The fourth-order valence-electron chi connectivity index (χ4n) is 1.98. The van der Waals surface area contributed by atoms with Gasteiger partial charge >= 0.3 is 0 Å². The normalized spacial score (nSPS) is 11.5. The molecule has 0 saturated carbocycles. The summed E-state index contributed by atoms with van der Waals surface area (Å²) >= 11 is 1.74.